The van der Waals surface area contributed by atoms with Crippen molar-refractivity contribution < 1.29 is 14.6 Å². The summed E-state index contributed by atoms with van der Waals surface area (Å²) in [6, 6.07) is 17.3. The van der Waals surface area contributed by atoms with Crippen molar-refractivity contribution in [1.29, 1.82) is 0 Å². The number of ether oxygens (including phenoxy) is 1. The Hall–Kier alpha value is -2.89. The Morgan fingerprint density at radius 1 is 1.23 bits per heavy atom. The molecular weight excluding hydrogens is 376 g/mol. The zero-order valence-electron chi connectivity index (χ0n) is 17.3. The molecule has 4 rings (SSSR count). The van der Waals surface area contributed by atoms with E-state index in [1.165, 1.54) is 35.2 Å². The van der Waals surface area contributed by atoms with Crippen molar-refractivity contribution in [2.45, 2.75) is 25.4 Å². The van der Waals surface area contributed by atoms with Crippen LogP contribution < -0.4 is 0 Å². The first kappa shape index (κ1) is 20.4. The number of benzene rings is 2. The summed E-state index contributed by atoms with van der Waals surface area (Å²) >= 11 is 0. The van der Waals surface area contributed by atoms with Gasteiger partial charge in [0.2, 0.25) is 0 Å². The second kappa shape index (κ2) is 9.28. The molecule has 5 heteroatoms. The number of aliphatic hydroxyl groups is 1. The molecule has 156 valence electrons. The van der Waals surface area contributed by atoms with E-state index in [0.29, 0.717) is 12.6 Å². The van der Waals surface area contributed by atoms with E-state index < -0.39 is 0 Å². The van der Waals surface area contributed by atoms with Crippen molar-refractivity contribution in [3.8, 4) is 0 Å². The number of aromatic nitrogens is 1. The summed E-state index contributed by atoms with van der Waals surface area (Å²) < 4.78 is 6.95. The molecule has 3 aromatic rings. The Morgan fingerprint density at radius 2 is 2.10 bits per heavy atom. The Balaban J connectivity index is 1.49. The highest BCUT2D eigenvalue weighted by molar-refractivity contribution is 5.87. The lowest BCUT2D eigenvalue weighted by Crippen LogP contribution is -2.33. The number of aliphatic hydroxyl groups excluding tert-OH is 1. The maximum atomic E-state index is 11.3. The summed E-state index contributed by atoms with van der Waals surface area (Å²) in [4.78, 5) is 13.7. The van der Waals surface area contributed by atoms with Gasteiger partial charge in [0, 0.05) is 43.5 Å². The monoisotopic (exact) mass is 404 g/mol. The van der Waals surface area contributed by atoms with Gasteiger partial charge in [0.15, 0.2) is 0 Å². The second-order valence-electron chi connectivity index (χ2n) is 7.70. The van der Waals surface area contributed by atoms with Crippen LogP contribution in [0.4, 0.5) is 0 Å². The van der Waals surface area contributed by atoms with Crippen LogP contribution in [-0.4, -0.2) is 47.3 Å². The standard InChI is InChI=1S/C25H28N2O3/c1-30-25(29)11-7-19-6-9-22-21(18-19)8-10-24(22)27(16-17-28)15-14-26-13-12-20-4-2-3-5-23(20)26/h2-7,9,11-13,18,24,28H,8,10,14-17H2,1H3/b11-7+. The highest BCUT2D eigenvalue weighted by Crippen LogP contribution is 2.36. The first-order chi connectivity index (χ1) is 14.7. The van der Waals surface area contributed by atoms with Gasteiger partial charge in [-0.2, -0.15) is 0 Å². The fourth-order valence-electron chi connectivity index (χ4n) is 4.45. The lowest BCUT2D eigenvalue weighted by atomic mass is 10.0. The van der Waals surface area contributed by atoms with E-state index >= 15 is 0 Å². The Morgan fingerprint density at radius 3 is 2.93 bits per heavy atom. The molecule has 1 heterocycles. The second-order valence-corrected chi connectivity index (χ2v) is 7.70. The van der Waals surface area contributed by atoms with E-state index in [9.17, 15) is 9.90 Å². The van der Waals surface area contributed by atoms with Crippen molar-refractivity contribution in [2.24, 2.45) is 0 Å². The Labute approximate surface area is 177 Å². The Kier molecular flexibility index (Phi) is 6.31. The van der Waals surface area contributed by atoms with Gasteiger partial charge in [0.05, 0.1) is 13.7 Å². The van der Waals surface area contributed by atoms with Crippen LogP contribution in [0, 0.1) is 0 Å². The first-order valence-corrected chi connectivity index (χ1v) is 10.5. The molecule has 1 aliphatic rings. The number of carbonyl (C=O) groups excluding carboxylic acids is 1. The van der Waals surface area contributed by atoms with E-state index in [0.717, 1.165) is 31.5 Å². The molecule has 30 heavy (non-hydrogen) atoms. The molecule has 1 aromatic heterocycles. The van der Waals surface area contributed by atoms with Crippen LogP contribution >= 0.6 is 0 Å². The number of esters is 1. The highest BCUT2D eigenvalue weighted by atomic mass is 16.5. The van der Waals surface area contributed by atoms with Crippen molar-refractivity contribution in [1.82, 2.24) is 9.47 Å². The normalized spacial score (nSPS) is 15.9. The third kappa shape index (κ3) is 4.32. The number of nitrogens with zero attached hydrogens (tertiary/aromatic N) is 2. The van der Waals surface area contributed by atoms with E-state index in [4.69, 9.17) is 0 Å². The van der Waals surface area contributed by atoms with E-state index in [1.807, 2.05) is 6.07 Å². The van der Waals surface area contributed by atoms with E-state index in [1.54, 1.807) is 6.08 Å². The molecule has 0 aliphatic heterocycles. The van der Waals surface area contributed by atoms with Crippen LogP contribution in [-0.2, 0) is 22.5 Å². The van der Waals surface area contributed by atoms with Crippen LogP contribution in [0.2, 0.25) is 0 Å². The van der Waals surface area contributed by atoms with Gasteiger partial charge < -0.3 is 14.4 Å². The van der Waals surface area contributed by atoms with Crippen LogP contribution in [0.1, 0.15) is 29.2 Å². The van der Waals surface area contributed by atoms with Crippen LogP contribution in [0.25, 0.3) is 17.0 Å². The molecule has 2 aromatic carbocycles. The molecule has 1 atom stereocenters. The van der Waals surface area contributed by atoms with Gasteiger partial charge >= 0.3 is 5.97 Å². The lowest BCUT2D eigenvalue weighted by Gasteiger charge is -2.29. The smallest absolute Gasteiger partial charge is 0.330 e. The summed E-state index contributed by atoms with van der Waals surface area (Å²) in [7, 11) is 1.38. The molecule has 5 nitrogen and oxygen atoms in total. The van der Waals surface area contributed by atoms with Crippen molar-refractivity contribution in [3.05, 3.63) is 77.5 Å². The van der Waals surface area contributed by atoms with Gasteiger partial charge in [-0.25, -0.2) is 4.79 Å². The SMILES string of the molecule is COC(=O)/C=C/c1ccc2c(c1)CCC2N(CCO)CCn1ccc2ccccc21. The predicted molar refractivity (Wildman–Crippen MR) is 119 cm³/mol. The highest BCUT2D eigenvalue weighted by Gasteiger charge is 2.27. The molecule has 0 saturated carbocycles. The van der Waals surface area contributed by atoms with Crippen LogP contribution in [0.15, 0.2) is 60.8 Å². The molecule has 0 amide bonds. The van der Waals surface area contributed by atoms with Crippen molar-refractivity contribution in [2.75, 3.05) is 26.8 Å². The average molecular weight is 405 g/mol. The summed E-state index contributed by atoms with van der Waals surface area (Å²) in [5.74, 6) is -0.347. The number of carbonyl (C=O) groups is 1. The van der Waals surface area contributed by atoms with E-state index in [2.05, 4.69) is 62.9 Å². The summed E-state index contributed by atoms with van der Waals surface area (Å²) in [6.45, 7) is 2.58. The Bertz CT molecular complexity index is 1050. The molecule has 0 radical (unpaired) electrons. The third-order valence-corrected chi connectivity index (χ3v) is 5.96. The molecule has 0 bridgehead atoms. The van der Waals surface area contributed by atoms with Gasteiger partial charge in [-0.15, -0.1) is 0 Å². The van der Waals surface area contributed by atoms with Gasteiger partial charge in [-0.05, 0) is 53.1 Å². The molecular formula is C25H28N2O3. The topological polar surface area (TPSA) is 54.7 Å². The molecule has 1 aliphatic carbocycles. The summed E-state index contributed by atoms with van der Waals surface area (Å²) in [5.41, 5.74) is 4.90. The number of hydrogen-bond donors (Lipinski definition) is 1. The zero-order valence-corrected chi connectivity index (χ0v) is 17.3. The summed E-state index contributed by atoms with van der Waals surface area (Å²) in [5, 5.41) is 10.9. The molecule has 1 N–H and O–H groups in total. The minimum atomic E-state index is -0.347. The quantitative estimate of drug-likeness (QED) is 0.458. The summed E-state index contributed by atoms with van der Waals surface area (Å²) in [6.07, 6.45) is 7.44. The number of aryl methyl sites for hydroxylation is 1. The molecule has 0 saturated heterocycles. The number of fused-ring (bicyclic) bond motifs is 2. The van der Waals surface area contributed by atoms with Crippen LogP contribution in [0.3, 0.4) is 0 Å². The van der Waals surface area contributed by atoms with Crippen molar-refractivity contribution >= 4 is 22.9 Å². The maximum Gasteiger partial charge on any atom is 0.330 e. The maximum absolute atomic E-state index is 11.3. The average Bonchev–Trinajstić information content (AvgIpc) is 3.39. The predicted octanol–water partition coefficient (Wildman–Crippen LogP) is 3.81. The molecule has 0 spiro atoms. The van der Waals surface area contributed by atoms with E-state index in [-0.39, 0.29) is 12.6 Å². The van der Waals surface area contributed by atoms with Gasteiger partial charge in [-0.3, -0.25) is 4.90 Å². The van der Waals surface area contributed by atoms with Gasteiger partial charge in [0.1, 0.15) is 0 Å². The zero-order chi connectivity index (χ0) is 20.9. The molecule has 0 fully saturated rings. The molecule has 1 unspecified atom stereocenters. The number of rotatable bonds is 8. The fraction of sp³-hybridized carbons (Fsp3) is 0.320. The van der Waals surface area contributed by atoms with Gasteiger partial charge in [0.25, 0.3) is 0 Å². The third-order valence-electron chi connectivity index (χ3n) is 5.96. The largest absolute Gasteiger partial charge is 0.466 e. The lowest BCUT2D eigenvalue weighted by molar-refractivity contribution is -0.134. The first-order valence-electron chi connectivity index (χ1n) is 10.5. The van der Waals surface area contributed by atoms with Crippen LogP contribution in [0.5, 0.6) is 0 Å². The number of para-hydroxylation sites is 1. The number of methoxy groups -OCH3 is 1. The van der Waals surface area contributed by atoms with Crippen molar-refractivity contribution in [3.63, 3.8) is 0 Å². The number of hydrogen-bond acceptors (Lipinski definition) is 4. The fourth-order valence-corrected chi connectivity index (χ4v) is 4.45. The minimum absolute atomic E-state index is 0.151. The minimum Gasteiger partial charge on any atom is -0.466 e. The van der Waals surface area contributed by atoms with Gasteiger partial charge in [-0.1, -0.05) is 36.4 Å².